The highest BCUT2D eigenvalue weighted by molar-refractivity contribution is 7.89. The molecule has 0 bridgehead atoms. The second-order valence-corrected chi connectivity index (χ2v) is 6.41. The average molecular weight is 300 g/mol. The summed E-state index contributed by atoms with van der Waals surface area (Å²) in [6.07, 6.45) is 0. The van der Waals surface area contributed by atoms with Crippen molar-refractivity contribution in [2.75, 3.05) is 24.1 Å². The molecule has 6 N–H and O–H groups in total. The molecule has 7 nitrogen and oxygen atoms in total. The maximum Gasteiger partial charge on any atom is 0.239 e. The van der Waals surface area contributed by atoms with Crippen molar-refractivity contribution in [3.05, 3.63) is 18.2 Å². The van der Waals surface area contributed by atoms with E-state index in [2.05, 4.69) is 10.6 Å². The van der Waals surface area contributed by atoms with Crippen molar-refractivity contribution in [1.29, 1.82) is 0 Å². The zero-order valence-corrected chi connectivity index (χ0v) is 12.3. The number of nitrogen functional groups attached to an aromatic ring is 1. The van der Waals surface area contributed by atoms with E-state index in [1.165, 1.54) is 18.2 Å². The molecule has 0 fully saturated rings. The third-order valence-corrected chi connectivity index (χ3v) is 3.41. The van der Waals surface area contributed by atoms with Gasteiger partial charge in [0.1, 0.15) is 0 Å². The molecule has 0 saturated heterocycles. The summed E-state index contributed by atoms with van der Waals surface area (Å²) >= 11 is 0. The summed E-state index contributed by atoms with van der Waals surface area (Å²) in [6, 6.07) is 4.06. The Morgan fingerprint density at radius 1 is 1.35 bits per heavy atom. The van der Waals surface area contributed by atoms with Crippen molar-refractivity contribution in [1.82, 2.24) is 5.32 Å². The summed E-state index contributed by atoms with van der Waals surface area (Å²) in [5.41, 5.74) is 6.41. The molecule has 0 aromatic heterocycles. The number of hydrogen-bond donors (Lipinski definition) is 4. The van der Waals surface area contributed by atoms with E-state index in [0.29, 0.717) is 18.2 Å². The highest BCUT2D eigenvalue weighted by Crippen LogP contribution is 2.21. The zero-order chi connectivity index (χ0) is 15.3. The summed E-state index contributed by atoms with van der Waals surface area (Å²) in [6.45, 7) is 4.65. The van der Waals surface area contributed by atoms with E-state index in [-0.39, 0.29) is 23.0 Å². The Labute approximate surface area is 118 Å². The zero-order valence-electron chi connectivity index (χ0n) is 11.5. The minimum Gasteiger partial charge on any atom is -0.397 e. The lowest BCUT2D eigenvalue weighted by Gasteiger charge is -2.11. The maximum atomic E-state index is 11.5. The second-order valence-electron chi connectivity index (χ2n) is 4.85. The van der Waals surface area contributed by atoms with E-state index in [9.17, 15) is 13.2 Å². The SMILES string of the molecule is CC(C)CNC(=O)CNc1ccc(S(N)(=O)=O)cc1N. The summed E-state index contributed by atoms with van der Waals surface area (Å²) in [7, 11) is -3.78. The van der Waals surface area contributed by atoms with Crippen LogP contribution in [-0.4, -0.2) is 27.4 Å². The Balaban J connectivity index is 2.64. The Morgan fingerprint density at radius 2 is 2.00 bits per heavy atom. The number of benzene rings is 1. The van der Waals surface area contributed by atoms with Crippen LogP contribution >= 0.6 is 0 Å². The van der Waals surface area contributed by atoms with Gasteiger partial charge in [-0.25, -0.2) is 13.6 Å². The summed E-state index contributed by atoms with van der Waals surface area (Å²) in [5, 5.41) is 10.6. The number of carbonyl (C=O) groups is 1. The lowest BCUT2D eigenvalue weighted by molar-refractivity contribution is -0.119. The van der Waals surface area contributed by atoms with Crippen LogP contribution in [0.1, 0.15) is 13.8 Å². The van der Waals surface area contributed by atoms with E-state index >= 15 is 0 Å². The Hall–Kier alpha value is -1.80. The molecule has 0 heterocycles. The molecular weight excluding hydrogens is 280 g/mol. The van der Waals surface area contributed by atoms with Gasteiger partial charge in [-0.2, -0.15) is 0 Å². The van der Waals surface area contributed by atoms with Gasteiger partial charge >= 0.3 is 0 Å². The van der Waals surface area contributed by atoms with Crippen LogP contribution in [0.15, 0.2) is 23.1 Å². The molecule has 0 spiro atoms. The van der Waals surface area contributed by atoms with E-state index in [1.54, 1.807) is 0 Å². The van der Waals surface area contributed by atoms with Gasteiger partial charge in [-0.15, -0.1) is 0 Å². The van der Waals surface area contributed by atoms with Crippen LogP contribution in [-0.2, 0) is 14.8 Å². The highest BCUT2D eigenvalue weighted by Gasteiger charge is 2.10. The summed E-state index contributed by atoms with van der Waals surface area (Å²) in [5.74, 6) is 0.215. The number of amides is 1. The van der Waals surface area contributed by atoms with Gasteiger partial charge in [-0.05, 0) is 24.1 Å². The molecule has 1 aromatic carbocycles. The average Bonchev–Trinajstić information content (AvgIpc) is 2.33. The van der Waals surface area contributed by atoms with Gasteiger partial charge in [-0.1, -0.05) is 13.8 Å². The van der Waals surface area contributed by atoms with Crippen molar-refractivity contribution in [3.8, 4) is 0 Å². The van der Waals surface area contributed by atoms with Crippen LogP contribution in [0.5, 0.6) is 0 Å². The molecule has 0 aliphatic carbocycles. The molecule has 0 aliphatic rings. The van der Waals surface area contributed by atoms with Gasteiger partial charge in [0.2, 0.25) is 15.9 Å². The third-order valence-electron chi connectivity index (χ3n) is 2.50. The molecule has 112 valence electrons. The highest BCUT2D eigenvalue weighted by atomic mass is 32.2. The minimum atomic E-state index is -3.78. The quantitative estimate of drug-likeness (QED) is 0.554. The first-order valence-electron chi connectivity index (χ1n) is 6.13. The van der Waals surface area contributed by atoms with Gasteiger partial charge < -0.3 is 16.4 Å². The van der Waals surface area contributed by atoms with Crippen LogP contribution in [0.25, 0.3) is 0 Å². The molecular formula is C12H20N4O3S. The number of rotatable bonds is 6. The van der Waals surface area contributed by atoms with Crippen LogP contribution < -0.4 is 21.5 Å². The number of carbonyl (C=O) groups excluding carboxylic acids is 1. The first-order chi connectivity index (χ1) is 9.20. The fourth-order valence-corrected chi connectivity index (χ4v) is 1.98. The van der Waals surface area contributed by atoms with E-state index in [0.717, 1.165) is 0 Å². The second kappa shape index (κ2) is 6.58. The molecule has 0 aliphatic heterocycles. The van der Waals surface area contributed by atoms with Crippen molar-refractivity contribution in [3.63, 3.8) is 0 Å². The predicted octanol–water partition coefficient (Wildman–Crippen LogP) is 0.100. The molecule has 0 radical (unpaired) electrons. The number of nitrogens with two attached hydrogens (primary N) is 2. The fourth-order valence-electron chi connectivity index (χ4n) is 1.43. The monoisotopic (exact) mass is 300 g/mol. The Kier molecular flexibility index (Phi) is 5.34. The first-order valence-corrected chi connectivity index (χ1v) is 7.67. The van der Waals surface area contributed by atoms with Gasteiger partial charge in [0, 0.05) is 6.54 Å². The minimum absolute atomic E-state index is 0.0612. The van der Waals surface area contributed by atoms with E-state index in [4.69, 9.17) is 10.9 Å². The van der Waals surface area contributed by atoms with Gasteiger partial charge in [0.15, 0.2) is 0 Å². The maximum absolute atomic E-state index is 11.5. The number of hydrogen-bond acceptors (Lipinski definition) is 5. The largest absolute Gasteiger partial charge is 0.397 e. The molecule has 0 unspecified atom stereocenters. The van der Waals surface area contributed by atoms with Crippen LogP contribution in [0, 0.1) is 5.92 Å². The predicted molar refractivity (Wildman–Crippen MR) is 78.6 cm³/mol. The van der Waals surface area contributed by atoms with E-state index < -0.39 is 10.0 Å². The number of primary sulfonamides is 1. The molecule has 8 heteroatoms. The van der Waals surface area contributed by atoms with Crippen molar-refractivity contribution in [2.24, 2.45) is 11.1 Å². The van der Waals surface area contributed by atoms with Crippen LogP contribution in [0.2, 0.25) is 0 Å². The molecule has 1 aromatic rings. The van der Waals surface area contributed by atoms with Gasteiger partial charge in [-0.3, -0.25) is 4.79 Å². The number of sulfonamides is 1. The lowest BCUT2D eigenvalue weighted by atomic mass is 10.2. The third kappa shape index (κ3) is 5.06. The van der Waals surface area contributed by atoms with Crippen LogP contribution in [0.4, 0.5) is 11.4 Å². The summed E-state index contributed by atoms with van der Waals surface area (Å²) < 4.78 is 22.3. The topological polar surface area (TPSA) is 127 Å². The van der Waals surface area contributed by atoms with Crippen molar-refractivity contribution < 1.29 is 13.2 Å². The molecule has 0 atom stereocenters. The molecule has 20 heavy (non-hydrogen) atoms. The van der Waals surface area contributed by atoms with Crippen molar-refractivity contribution in [2.45, 2.75) is 18.7 Å². The van der Waals surface area contributed by atoms with E-state index in [1.807, 2.05) is 13.8 Å². The van der Waals surface area contributed by atoms with Gasteiger partial charge in [0.25, 0.3) is 0 Å². The molecule has 1 amide bonds. The fraction of sp³-hybridized carbons (Fsp3) is 0.417. The number of nitrogens with one attached hydrogen (secondary N) is 2. The lowest BCUT2D eigenvalue weighted by Crippen LogP contribution is -2.32. The summed E-state index contributed by atoms with van der Waals surface area (Å²) in [4.78, 5) is 11.5. The first kappa shape index (κ1) is 16.3. The van der Waals surface area contributed by atoms with Gasteiger partial charge in [0.05, 0.1) is 22.8 Å². The smallest absolute Gasteiger partial charge is 0.239 e. The number of anilines is 2. The normalized spacial score (nSPS) is 11.4. The Morgan fingerprint density at radius 3 is 2.50 bits per heavy atom. The standard InChI is InChI=1S/C12H20N4O3S/c1-8(2)6-16-12(17)7-15-11-4-3-9(5-10(11)13)20(14,18)19/h3-5,8,15H,6-7,13H2,1-2H3,(H,16,17)(H2,14,18,19). The molecule has 0 saturated carbocycles. The molecule has 1 rings (SSSR count). The Bertz CT molecular complexity index is 584. The van der Waals surface area contributed by atoms with Crippen molar-refractivity contribution >= 4 is 27.3 Å². The van der Waals surface area contributed by atoms with Crippen LogP contribution in [0.3, 0.4) is 0 Å².